The molecule has 1 atom stereocenters. The molecule has 1 saturated carbocycles. The fourth-order valence-corrected chi connectivity index (χ4v) is 6.39. The second kappa shape index (κ2) is 13.8. The lowest BCUT2D eigenvalue weighted by Gasteiger charge is -2.31. The summed E-state index contributed by atoms with van der Waals surface area (Å²) in [5.74, 6) is 1.25. The number of anilines is 2. The van der Waals surface area contributed by atoms with Crippen LogP contribution in [0.1, 0.15) is 42.5 Å². The number of nitrogens with zero attached hydrogens (tertiary/aromatic N) is 3. The molecule has 0 radical (unpaired) electrons. The first kappa shape index (κ1) is 30.1. The van der Waals surface area contributed by atoms with Crippen molar-refractivity contribution in [1.29, 1.82) is 0 Å². The number of hydrogen-bond acceptors (Lipinski definition) is 7. The third-order valence-electron chi connectivity index (χ3n) is 7.33. The van der Waals surface area contributed by atoms with Gasteiger partial charge in [0.1, 0.15) is 5.82 Å². The maximum atomic E-state index is 13.5. The highest BCUT2D eigenvalue weighted by atomic mass is 35.5. The zero-order valence-corrected chi connectivity index (χ0v) is 25.8. The number of ketones is 1. The van der Waals surface area contributed by atoms with Gasteiger partial charge in [-0.1, -0.05) is 35.3 Å². The number of Topliss-reactive ketones (excluding diaryl/α,β-unsaturated/α-hetero) is 1. The van der Waals surface area contributed by atoms with Crippen molar-refractivity contribution in [3.05, 3.63) is 88.4 Å². The fraction of sp³-hybridized carbons (Fsp3) is 0.312. The van der Waals surface area contributed by atoms with Crippen LogP contribution in [-0.4, -0.2) is 53.1 Å². The number of carbonyl (C=O) groups excluding carboxylic acids is 2. The highest BCUT2D eigenvalue weighted by molar-refractivity contribution is 8.00. The van der Waals surface area contributed by atoms with Gasteiger partial charge in [-0.3, -0.25) is 9.59 Å². The second-order valence-corrected chi connectivity index (χ2v) is 12.8. The van der Waals surface area contributed by atoms with Gasteiger partial charge in [0.05, 0.1) is 10.8 Å². The minimum atomic E-state index is -0.583. The molecule has 3 aromatic carbocycles. The number of aromatic nitrogens is 2. The lowest BCUT2D eigenvalue weighted by atomic mass is 9.91. The predicted molar refractivity (Wildman–Crippen MR) is 173 cm³/mol. The number of carbonyl (C=O) groups is 2. The number of amides is 1. The summed E-state index contributed by atoms with van der Waals surface area (Å²) in [7, 11) is 3.96. The van der Waals surface area contributed by atoms with Crippen molar-refractivity contribution >= 4 is 69.3 Å². The first-order valence-corrected chi connectivity index (χ1v) is 15.6. The van der Waals surface area contributed by atoms with Crippen molar-refractivity contribution in [1.82, 2.24) is 15.3 Å². The first-order chi connectivity index (χ1) is 20.2. The Morgan fingerprint density at radius 3 is 2.17 bits per heavy atom. The van der Waals surface area contributed by atoms with E-state index in [1.165, 1.54) is 11.8 Å². The number of thioether (sulfide) groups is 1. The topological polar surface area (TPSA) is 87.2 Å². The molecule has 1 amide bonds. The van der Waals surface area contributed by atoms with E-state index in [0.29, 0.717) is 21.6 Å². The van der Waals surface area contributed by atoms with Crippen LogP contribution < -0.4 is 15.5 Å². The number of nitrogens with one attached hydrogen (secondary N) is 2. The van der Waals surface area contributed by atoms with E-state index in [9.17, 15) is 9.59 Å². The Bertz CT molecular complexity index is 1540. The zero-order chi connectivity index (χ0) is 29.6. The van der Waals surface area contributed by atoms with E-state index < -0.39 is 5.25 Å². The molecule has 4 aromatic rings. The first-order valence-electron chi connectivity index (χ1n) is 14.0. The molecule has 1 fully saturated rings. The summed E-state index contributed by atoms with van der Waals surface area (Å²) in [5.41, 5.74) is 1.44. The predicted octanol–water partition coefficient (Wildman–Crippen LogP) is 7.28. The highest BCUT2D eigenvalue weighted by Crippen LogP contribution is 2.30. The van der Waals surface area contributed by atoms with Gasteiger partial charge in [-0.25, -0.2) is 4.98 Å². The molecule has 1 unspecified atom stereocenters. The van der Waals surface area contributed by atoms with Crippen LogP contribution in [0.3, 0.4) is 0 Å². The summed E-state index contributed by atoms with van der Waals surface area (Å²) in [6.07, 6.45) is 3.46. The quantitative estimate of drug-likeness (QED) is 0.142. The minimum Gasteiger partial charge on any atom is -0.362 e. The number of rotatable bonds is 10. The third-order valence-corrected chi connectivity index (χ3v) is 9.05. The van der Waals surface area contributed by atoms with Crippen molar-refractivity contribution in [2.24, 2.45) is 0 Å². The Morgan fingerprint density at radius 2 is 1.50 bits per heavy atom. The third kappa shape index (κ3) is 7.73. The van der Waals surface area contributed by atoms with Crippen LogP contribution >= 0.6 is 35.0 Å². The summed E-state index contributed by atoms with van der Waals surface area (Å²) < 4.78 is 0. The molecule has 0 bridgehead atoms. The van der Waals surface area contributed by atoms with Gasteiger partial charge in [0, 0.05) is 58.5 Å². The van der Waals surface area contributed by atoms with Crippen LogP contribution in [-0.2, 0) is 4.79 Å². The lowest BCUT2D eigenvalue weighted by Crippen LogP contribution is -2.44. The van der Waals surface area contributed by atoms with E-state index in [0.717, 1.165) is 47.3 Å². The maximum Gasteiger partial charge on any atom is 0.234 e. The van der Waals surface area contributed by atoms with E-state index in [2.05, 4.69) is 10.6 Å². The highest BCUT2D eigenvalue weighted by Gasteiger charge is 2.29. The van der Waals surface area contributed by atoms with Gasteiger partial charge in [0.2, 0.25) is 11.9 Å². The van der Waals surface area contributed by atoms with Gasteiger partial charge in [0.25, 0.3) is 0 Å². The second-order valence-electron chi connectivity index (χ2n) is 10.7. The largest absolute Gasteiger partial charge is 0.362 e. The Kier molecular flexibility index (Phi) is 9.88. The van der Waals surface area contributed by atoms with Crippen LogP contribution in [0.25, 0.3) is 10.9 Å². The summed E-state index contributed by atoms with van der Waals surface area (Å²) in [6.45, 7) is 0. The van der Waals surface area contributed by atoms with Crippen LogP contribution in [0.2, 0.25) is 10.0 Å². The molecule has 5 rings (SSSR count). The SMILES string of the molecule is CN(C)c1nc(N[C@H]2CC[C@@H](NC(=O)C(CC(=O)c3ccc(Cl)cc3)Sc3ccc(Cl)cc3)CC2)nc2ccccc12. The monoisotopic (exact) mass is 621 g/mol. The Morgan fingerprint density at radius 1 is 0.881 bits per heavy atom. The molecule has 1 aliphatic rings. The molecule has 0 spiro atoms. The van der Waals surface area contributed by atoms with Gasteiger partial charge >= 0.3 is 0 Å². The van der Waals surface area contributed by atoms with Gasteiger partial charge < -0.3 is 15.5 Å². The van der Waals surface area contributed by atoms with Crippen molar-refractivity contribution in [3.63, 3.8) is 0 Å². The smallest absolute Gasteiger partial charge is 0.234 e. The molecular formula is C32H33Cl2N5O2S. The standard InChI is InChI=1S/C32H33Cl2N5O2S/c1-39(2)30-26-5-3-4-6-27(26)37-32(38-30)36-24-15-13-23(14-16-24)35-31(41)29(42-25-17-11-22(34)12-18-25)19-28(40)20-7-9-21(33)10-8-20/h3-12,17-18,23-24,29H,13-16,19H2,1-2H3,(H,35,41)(H,36,37,38)/t23-,24+,29?. The van der Waals surface area contributed by atoms with E-state index >= 15 is 0 Å². The van der Waals surface area contributed by atoms with E-state index in [1.807, 2.05) is 55.4 Å². The number of para-hydroxylation sites is 1. The summed E-state index contributed by atoms with van der Waals surface area (Å²) >= 11 is 13.4. The number of hydrogen-bond donors (Lipinski definition) is 2. The molecule has 2 N–H and O–H groups in total. The average molecular weight is 623 g/mol. The number of halogens is 2. The number of benzene rings is 3. The maximum absolute atomic E-state index is 13.5. The van der Waals surface area contributed by atoms with Crippen LogP contribution in [0.4, 0.5) is 11.8 Å². The summed E-state index contributed by atoms with van der Waals surface area (Å²) in [5, 5.41) is 8.36. The molecule has 218 valence electrons. The van der Waals surface area contributed by atoms with Crippen molar-refractivity contribution < 1.29 is 9.59 Å². The van der Waals surface area contributed by atoms with Crippen molar-refractivity contribution in [3.8, 4) is 0 Å². The number of fused-ring (bicyclic) bond motifs is 1. The molecular weight excluding hydrogens is 589 g/mol. The normalized spacial score (nSPS) is 17.4. The fourth-order valence-electron chi connectivity index (χ4n) is 5.11. The molecule has 0 aliphatic heterocycles. The summed E-state index contributed by atoms with van der Waals surface area (Å²) in [6, 6.07) is 22.3. The Balaban J connectivity index is 1.21. The molecule has 42 heavy (non-hydrogen) atoms. The molecule has 0 saturated heterocycles. The van der Waals surface area contributed by atoms with Gasteiger partial charge in [0.15, 0.2) is 5.78 Å². The van der Waals surface area contributed by atoms with Crippen molar-refractivity contribution in [2.75, 3.05) is 24.3 Å². The Labute approximate surface area is 260 Å². The minimum absolute atomic E-state index is 0.0318. The van der Waals surface area contributed by atoms with Crippen LogP contribution in [0.15, 0.2) is 77.7 Å². The molecule has 10 heteroatoms. The molecule has 1 aromatic heterocycles. The lowest BCUT2D eigenvalue weighted by molar-refractivity contribution is -0.121. The van der Waals surface area contributed by atoms with E-state index in [1.54, 1.807) is 36.4 Å². The zero-order valence-electron chi connectivity index (χ0n) is 23.5. The Hall–Kier alpha value is -3.33. The van der Waals surface area contributed by atoms with E-state index in [4.69, 9.17) is 33.2 Å². The van der Waals surface area contributed by atoms with Gasteiger partial charge in [-0.15, -0.1) is 11.8 Å². The average Bonchev–Trinajstić information content (AvgIpc) is 2.98. The molecule has 1 aliphatic carbocycles. The molecule has 1 heterocycles. The van der Waals surface area contributed by atoms with E-state index in [-0.39, 0.29) is 30.2 Å². The van der Waals surface area contributed by atoms with Crippen LogP contribution in [0, 0.1) is 0 Å². The van der Waals surface area contributed by atoms with Crippen molar-refractivity contribution in [2.45, 2.75) is 54.3 Å². The summed E-state index contributed by atoms with van der Waals surface area (Å²) in [4.78, 5) is 39.0. The van der Waals surface area contributed by atoms with Gasteiger partial charge in [-0.2, -0.15) is 4.98 Å². The van der Waals surface area contributed by atoms with Crippen LogP contribution in [0.5, 0.6) is 0 Å². The van der Waals surface area contributed by atoms with Gasteiger partial charge in [-0.05, 0) is 86.3 Å². The molecule has 7 nitrogen and oxygen atoms in total.